The van der Waals surface area contributed by atoms with E-state index in [9.17, 15) is 4.79 Å². The highest BCUT2D eigenvalue weighted by Crippen LogP contribution is 2.34. The third-order valence-corrected chi connectivity index (χ3v) is 3.75. The molecule has 0 N–H and O–H groups in total. The first-order chi connectivity index (χ1) is 7.50. The molecule has 1 atom stereocenters. The predicted octanol–water partition coefficient (Wildman–Crippen LogP) is 3.53. The van der Waals surface area contributed by atoms with Gasteiger partial charge in [0.25, 0.3) is 0 Å². The molecule has 86 valence electrons. The molecule has 1 aromatic carbocycles. The van der Waals surface area contributed by atoms with Crippen LogP contribution < -0.4 is 5.43 Å². The summed E-state index contributed by atoms with van der Waals surface area (Å²) in [7, 11) is 0. The third-order valence-electron chi connectivity index (χ3n) is 3.75. The van der Waals surface area contributed by atoms with E-state index in [0.717, 1.165) is 12.0 Å². The van der Waals surface area contributed by atoms with Gasteiger partial charge in [0.1, 0.15) is 0 Å². The maximum absolute atomic E-state index is 12.0. The van der Waals surface area contributed by atoms with Crippen molar-refractivity contribution in [1.29, 1.82) is 0 Å². The lowest BCUT2D eigenvalue weighted by molar-refractivity contribution is 0.743. The SMILES string of the molecule is Cc1cc(=O)c(C(C)C)cc2c1CC[C@@H]2C. The smallest absolute Gasteiger partial charge is 0.182 e. The summed E-state index contributed by atoms with van der Waals surface area (Å²) in [5, 5.41) is 0. The largest absolute Gasteiger partial charge is 0.290 e. The van der Waals surface area contributed by atoms with Crippen LogP contribution in [0.3, 0.4) is 0 Å². The van der Waals surface area contributed by atoms with E-state index >= 15 is 0 Å². The van der Waals surface area contributed by atoms with Gasteiger partial charge in [-0.3, -0.25) is 4.79 Å². The molecule has 0 fully saturated rings. The molecule has 0 saturated heterocycles. The third kappa shape index (κ3) is 1.79. The molecule has 1 heteroatoms. The normalized spacial score (nSPS) is 18.9. The first-order valence-electron chi connectivity index (χ1n) is 6.18. The van der Waals surface area contributed by atoms with E-state index in [4.69, 9.17) is 0 Å². The Hall–Kier alpha value is -1.11. The fourth-order valence-electron chi connectivity index (χ4n) is 2.67. The van der Waals surface area contributed by atoms with Gasteiger partial charge < -0.3 is 0 Å². The van der Waals surface area contributed by atoms with E-state index in [1.165, 1.54) is 23.1 Å². The summed E-state index contributed by atoms with van der Waals surface area (Å²) in [5.74, 6) is 0.925. The second-order valence-electron chi connectivity index (χ2n) is 5.32. The van der Waals surface area contributed by atoms with Gasteiger partial charge in [0, 0.05) is 5.56 Å². The standard InChI is InChI=1S/C15H20O/c1-9(2)13-8-14-10(3)5-6-12(14)11(4)7-15(13)16/h7-10H,5-6H2,1-4H3/t10-/m0/s1. The molecule has 2 rings (SSSR count). The lowest BCUT2D eigenvalue weighted by atomic mass is 9.99. The molecule has 0 heterocycles. The molecule has 1 nitrogen and oxygen atoms in total. The van der Waals surface area contributed by atoms with E-state index in [0.29, 0.717) is 11.8 Å². The Morgan fingerprint density at radius 3 is 2.62 bits per heavy atom. The molecule has 0 amide bonds. The summed E-state index contributed by atoms with van der Waals surface area (Å²) in [4.78, 5) is 12.0. The molecule has 0 unspecified atom stereocenters. The Labute approximate surface area is 97.5 Å². The van der Waals surface area contributed by atoms with Crippen LogP contribution in [0.15, 0.2) is 16.9 Å². The fraction of sp³-hybridized carbons (Fsp3) is 0.533. The van der Waals surface area contributed by atoms with Crippen LogP contribution >= 0.6 is 0 Å². The molecule has 1 aliphatic rings. The number of hydrogen-bond donors (Lipinski definition) is 0. The first-order valence-corrected chi connectivity index (χ1v) is 6.18. The number of hydrogen-bond acceptors (Lipinski definition) is 1. The Balaban J connectivity index is 2.75. The average molecular weight is 216 g/mol. The molecule has 1 aliphatic carbocycles. The van der Waals surface area contributed by atoms with Gasteiger partial charge in [-0.1, -0.05) is 26.8 Å². The predicted molar refractivity (Wildman–Crippen MR) is 68.3 cm³/mol. The van der Waals surface area contributed by atoms with Crippen molar-refractivity contribution in [2.75, 3.05) is 0 Å². The van der Waals surface area contributed by atoms with E-state index in [1.807, 2.05) is 6.07 Å². The molecule has 0 aromatic heterocycles. The van der Waals surface area contributed by atoms with Crippen LogP contribution in [0.4, 0.5) is 0 Å². The molecule has 0 radical (unpaired) electrons. The lowest BCUT2D eigenvalue weighted by Gasteiger charge is -2.05. The Morgan fingerprint density at radius 1 is 1.31 bits per heavy atom. The summed E-state index contributed by atoms with van der Waals surface area (Å²) < 4.78 is 0. The molecule has 1 aromatic rings. The first kappa shape index (κ1) is 11.4. The van der Waals surface area contributed by atoms with Crippen molar-refractivity contribution in [2.45, 2.75) is 52.4 Å². The topological polar surface area (TPSA) is 17.1 Å². The van der Waals surface area contributed by atoms with E-state index in [-0.39, 0.29) is 5.43 Å². The average Bonchev–Trinajstić information content (AvgIpc) is 2.49. The van der Waals surface area contributed by atoms with Crippen LogP contribution in [-0.4, -0.2) is 0 Å². The molecular weight excluding hydrogens is 196 g/mol. The van der Waals surface area contributed by atoms with Crippen molar-refractivity contribution in [2.24, 2.45) is 0 Å². The van der Waals surface area contributed by atoms with Crippen molar-refractivity contribution in [3.63, 3.8) is 0 Å². The minimum absolute atomic E-state index is 0.203. The van der Waals surface area contributed by atoms with Gasteiger partial charge in [0.2, 0.25) is 0 Å². The van der Waals surface area contributed by atoms with Crippen LogP contribution in [0.2, 0.25) is 0 Å². The van der Waals surface area contributed by atoms with Gasteiger partial charge in [0.05, 0.1) is 0 Å². The second-order valence-corrected chi connectivity index (χ2v) is 5.32. The molecular formula is C15H20O. The van der Waals surface area contributed by atoms with Crippen LogP contribution in [0.1, 0.15) is 61.3 Å². The molecule has 16 heavy (non-hydrogen) atoms. The highest BCUT2D eigenvalue weighted by atomic mass is 16.1. The van der Waals surface area contributed by atoms with Crippen molar-refractivity contribution in [3.8, 4) is 0 Å². The van der Waals surface area contributed by atoms with Crippen molar-refractivity contribution in [1.82, 2.24) is 0 Å². The Morgan fingerprint density at radius 2 is 2.00 bits per heavy atom. The van der Waals surface area contributed by atoms with E-state index < -0.39 is 0 Å². The second kappa shape index (κ2) is 4.04. The van der Waals surface area contributed by atoms with Gasteiger partial charge in [-0.15, -0.1) is 0 Å². The molecule has 0 bridgehead atoms. The lowest BCUT2D eigenvalue weighted by Crippen LogP contribution is -2.06. The summed E-state index contributed by atoms with van der Waals surface area (Å²) in [5.41, 5.74) is 5.17. The summed E-state index contributed by atoms with van der Waals surface area (Å²) in [6.07, 6.45) is 2.36. The Kier molecular flexibility index (Phi) is 2.88. The van der Waals surface area contributed by atoms with Crippen molar-refractivity contribution < 1.29 is 0 Å². The Bertz CT molecular complexity index is 472. The van der Waals surface area contributed by atoms with Gasteiger partial charge in [-0.25, -0.2) is 0 Å². The highest BCUT2D eigenvalue weighted by Gasteiger charge is 2.21. The van der Waals surface area contributed by atoms with Gasteiger partial charge in [-0.2, -0.15) is 0 Å². The maximum atomic E-state index is 12.0. The molecule has 0 spiro atoms. The zero-order chi connectivity index (χ0) is 11.9. The zero-order valence-electron chi connectivity index (χ0n) is 10.6. The van der Waals surface area contributed by atoms with Crippen LogP contribution in [0.25, 0.3) is 0 Å². The number of fused-ring (bicyclic) bond motifs is 1. The maximum Gasteiger partial charge on any atom is 0.182 e. The quantitative estimate of drug-likeness (QED) is 0.702. The van der Waals surface area contributed by atoms with Crippen LogP contribution in [0, 0.1) is 6.92 Å². The summed E-state index contributed by atoms with van der Waals surface area (Å²) in [6.45, 7) is 8.53. The highest BCUT2D eigenvalue weighted by molar-refractivity contribution is 5.41. The van der Waals surface area contributed by atoms with Gasteiger partial charge in [0.15, 0.2) is 5.43 Å². The minimum atomic E-state index is 0.203. The van der Waals surface area contributed by atoms with Crippen molar-refractivity contribution in [3.05, 3.63) is 44.6 Å². The number of rotatable bonds is 1. The molecule has 0 aliphatic heterocycles. The fourth-order valence-corrected chi connectivity index (χ4v) is 2.67. The van der Waals surface area contributed by atoms with E-state index in [1.54, 1.807) is 0 Å². The van der Waals surface area contributed by atoms with Crippen molar-refractivity contribution >= 4 is 0 Å². The van der Waals surface area contributed by atoms with Gasteiger partial charge >= 0.3 is 0 Å². The van der Waals surface area contributed by atoms with Gasteiger partial charge in [-0.05, 0) is 54.4 Å². The van der Waals surface area contributed by atoms with Crippen LogP contribution in [-0.2, 0) is 6.42 Å². The molecule has 0 saturated carbocycles. The van der Waals surface area contributed by atoms with E-state index in [2.05, 4.69) is 33.8 Å². The monoisotopic (exact) mass is 216 g/mol. The minimum Gasteiger partial charge on any atom is -0.290 e. The summed E-state index contributed by atoms with van der Waals surface area (Å²) in [6, 6.07) is 3.99. The summed E-state index contributed by atoms with van der Waals surface area (Å²) >= 11 is 0. The zero-order valence-corrected chi connectivity index (χ0v) is 10.6. The van der Waals surface area contributed by atoms with Crippen LogP contribution in [0.5, 0.6) is 0 Å². The number of aryl methyl sites for hydroxylation is 1.